The van der Waals surface area contributed by atoms with Crippen molar-refractivity contribution < 1.29 is 0 Å². The minimum absolute atomic E-state index is 0.372. The van der Waals surface area contributed by atoms with E-state index in [0.717, 1.165) is 11.6 Å². The predicted molar refractivity (Wildman–Crippen MR) is 62.6 cm³/mol. The molecule has 1 fully saturated rings. The standard InChI is InChI=1S/C13H20N2/c1-3-12(11-7-8-11)15-10(2)13-6-4-5-9-14-13/h4-6,9-12,15H,3,7-8H2,1-2H3. The molecule has 0 saturated heterocycles. The van der Waals surface area contributed by atoms with Crippen LogP contribution in [0.3, 0.4) is 0 Å². The van der Waals surface area contributed by atoms with Crippen LogP contribution in [-0.4, -0.2) is 11.0 Å². The Morgan fingerprint density at radius 2 is 2.27 bits per heavy atom. The summed E-state index contributed by atoms with van der Waals surface area (Å²) in [6.45, 7) is 4.47. The van der Waals surface area contributed by atoms with Crippen LogP contribution in [0.4, 0.5) is 0 Å². The molecule has 1 heterocycles. The van der Waals surface area contributed by atoms with Gasteiger partial charge in [0.2, 0.25) is 0 Å². The molecule has 0 amide bonds. The first-order chi connectivity index (χ1) is 7.31. The van der Waals surface area contributed by atoms with Crippen LogP contribution in [0.5, 0.6) is 0 Å². The third kappa shape index (κ3) is 2.78. The molecule has 1 aromatic rings. The minimum Gasteiger partial charge on any atom is -0.306 e. The molecule has 82 valence electrons. The van der Waals surface area contributed by atoms with E-state index in [1.165, 1.54) is 19.3 Å². The van der Waals surface area contributed by atoms with E-state index >= 15 is 0 Å². The summed E-state index contributed by atoms with van der Waals surface area (Å²) in [4.78, 5) is 4.38. The summed E-state index contributed by atoms with van der Waals surface area (Å²) in [5.74, 6) is 0.918. The third-order valence-electron chi connectivity index (χ3n) is 3.23. The topological polar surface area (TPSA) is 24.9 Å². The molecule has 1 aliphatic rings. The van der Waals surface area contributed by atoms with Gasteiger partial charge in [-0.25, -0.2) is 0 Å². The fourth-order valence-corrected chi connectivity index (χ4v) is 2.12. The summed E-state index contributed by atoms with van der Waals surface area (Å²) in [6, 6.07) is 7.17. The molecule has 15 heavy (non-hydrogen) atoms. The van der Waals surface area contributed by atoms with Gasteiger partial charge in [-0.3, -0.25) is 4.98 Å². The Kier molecular flexibility index (Phi) is 3.37. The van der Waals surface area contributed by atoms with Gasteiger partial charge in [-0.05, 0) is 44.2 Å². The molecule has 1 saturated carbocycles. The average Bonchev–Trinajstić information content (AvgIpc) is 3.10. The highest BCUT2D eigenvalue weighted by atomic mass is 15.0. The van der Waals surface area contributed by atoms with E-state index in [1.54, 1.807) is 0 Å². The molecule has 2 nitrogen and oxygen atoms in total. The normalized spacial score (nSPS) is 19.9. The molecule has 1 N–H and O–H groups in total. The van der Waals surface area contributed by atoms with Crippen LogP contribution in [0.15, 0.2) is 24.4 Å². The lowest BCUT2D eigenvalue weighted by Crippen LogP contribution is -2.33. The van der Waals surface area contributed by atoms with E-state index in [4.69, 9.17) is 0 Å². The summed E-state index contributed by atoms with van der Waals surface area (Å²) in [5.41, 5.74) is 1.15. The zero-order valence-corrected chi connectivity index (χ0v) is 9.61. The van der Waals surface area contributed by atoms with Crippen LogP contribution in [0.1, 0.15) is 44.8 Å². The number of nitrogens with one attached hydrogen (secondary N) is 1. The van der Waals surface area contributed by atoms with Crippen LogP contribution >= 0.6 is 0 Å². The van der Waals surface area contributed by atoms with Crippen molar-refractivity contribution in [3.63, 3.8) is 0 Å². The zero-order chi connectivity index (χ0) is 10.7. The van der Waals surface area contributed by atoms with Gasteiger partial charge in [0.1, 0.15) is 0 Å². The summed E-state index contributed by atoms with van der Waals surface area (Å²) < 4.78 is 0. The lowest BCUT2D eigenvalue weighted by atomic mass is 10.1. The second kappa shape index (κ2) is 4.75. The van der Waals surface area contributed by atoms with Gasteiger partial charge >= 0.3 is 0 Å². The molecule has 0 aromatic carbocycles. The first-order valence-corrected chi connectivity index (χ1v) is 5.98. The molecule has 2 atom stereocenters. The van der Waals surface area contributed by atoms with Gasteiger partial charge in [-0.2, -0.15) is 0 Å². The Labute approximate surface area is 92.1 Å². The van der Waals surface area contributed by atoms with Crippen LogP contribution in [0, 0.1) is 5.92 Å². The van der Waals surface area contributed by atoms with Crippen LogP contribution in [0.2, 0.25) is 0 Å². The second-order valence-electron chi connectivity index (χ2n) is 4.50. The monoisotopic (exact) mass is 204 g/mol. The van der Waals surface area contributed by atoms with E-state index in [2.05, 4.69) is 36.3 Å². The van der Waals surface area contributed by atoms with Crippen molar-refractivity contribution in [2.75, 3.05) is 0 Å². The highest BCUT2D eigenvalue weighted by Gasteiger charge is 2.30. The van der Waals surface area contributed by atoms with Crippen LogP contribution in [-0.2, 0) is 0 Å². The second-order valence-corrected chi connectivity index (χ2v) is 4.50. The van der Waals surface area contributed by atoms with Crippen molar-refractivity contribution in [1.29, 1.82) is 0 Å². The average molecular weight is 204 g/mol. The predicted octanol–water partition coefficient (Wildman–Crippen LogP) is 2.92. The molecular formula is C13H20N2. The summed E-state index contributed by atoms with van der Waals surface area (Å²) in [5, 5.41) is 3.68. The molecule has 2 rings (SSSR count). The number of nitrogens with zero attached hydrogens (tertiary/aromatic N) is 1. The molecule has 2 heteroatoms. The molecule has 0 aliphatic heterocycles. The quantitative estimate of drug-likeness (QED) is 0.797. The SMILES string of the molecule is CCC(NC(C)c1ccccn1)C1CC1. The maximum Gasteiger partial charge on any atom is 0.0570 e. The zero-order valence-electron chi connectivity index (χ0n) is 9.61. The number of hydrogen-bond donors (Lipinski definition) is 1. The van der Waals surface area contributed by atoms with Gasteiger partial charge in [0.15, 0.2) is 0 Å². The first kappa shape index (κ1) is 10.6. The number of rotatable bonds is 5. The minimum atomic E-state index is 0.372. The van der Waals surface area contributed by atoms with E-state index in [0.29, 0.717) is 12.1 Å². The number of aromatic nitrogens is 1. The smallest absolute Gasteiger partial charge is 0.0570 e. The summed E-state index contributed by atoms with van der Waals surface area (Å²) in [6.07, 6.45) is 5.90. The van der Waals surface area contributed by atoms with Crippen molar-refractivity contribution in [1.82, 2.24) is 10.3 Å². The van der Waals surface area contributed by atoms with Gasteiger partial charge in [-0.15, -0.1) is 0 Å². The van der Waals surface area contributed by atoms with Crippen molar-refractivity contribution in [3.05, 3.63) is 30.1 Å². The fourth-order valence-electron chi connectivity index (χ4n) is 2.12. The van der Waals surface area contributed by atoms with Gasteiger partial charge in [0, 0.05) is 18.3 Å². The Bertz CT molecular complexity index is 293. The lowest BCUT2D eigenvalue weighted by Gasteiger charge is -2.21. The molecule has 0 radical (unpaired) electrons. The Morgan fingerprint density at radius 1 is 1.47 bits per heavy atom. The van der Waals surface area contributed by atoms with Crippen molar-refractivity contribution in [2.45, 2.75) is 45.2 Å². The van der Waals surface area contributed by atoms with Gasteiger partial charge in [-0.1, -0.05) is 13.0 Å². The fraction of sp³-hybridized carbons (Fsp3) is 0.615. The Hall–Kier alpha value is -0.890. The summed E-state index contributed by atoms with van der Waals surface area (Å²) in [7, 11) is 0. The van der Waals surface area contributed by atoms with Crippen molar-refractivity contribution in [2.24, 2.45) is 5.92 Å². The van der Waals surface area contributed by atoms with E-state index < -0.39 is 0 Å². The molecule has 0 spiro atoms. The molecule has 2 unspecified atom stereocenters. The third-order valence-corrected chi connectivity index (χ3v) is 3.23. The van der Waals surface area contributed by atoms with Gasteiger partial charge in [0.05, 0.1) is 5.69 Å². The van der Waals surface area contributed by atoms with Crippen molar-refractivity contribution in [3.8, 4) is 0 Å². The van der Waals surface area contributed by atoms with Crippen LogP contribution in [0.25, 0.3) is 0 Å². The van der Waals surface area contributed by atoms with E-state index in [-0.39, 0.29) is 0 Å². The van der Waals surface area contributed by atoms with E-state index in [1.807, 2.05) is 12.3 Å². The maximum absolute atomic E-state index is 4.38. The highest BCUT2D eigenvalue weighted by Crippen LogP contribution is 2.34. The van der Waals surface area contributed by atoms with Gasteiger partial charge in [0.25, 0.3) is 0 Å². The lowest BCUT2D eigenvalue weighted by molar-refractivity contribution is 0.400. The molecule has 1 aliphatic carbocycles. The Morgan fingerprint density at radius 3 is 2.80 bits per heavy atom. The van der Waals surface area contributed by atoms with Crippen molar-refractivity contribution >= 4 is 0 Å². The Balaban J connectivity index is 1.93. The van der Waals surface area contributed by atoms with Crippen LogP contribution < -0.4 is 5.32 Å². The molecule has 0 bridgehead atoms. The number of hydrogen-bond acceptors (Lipinski definition) is 2. The maximum atomic E-state index is 4.38. The number of pyridine rings is 1. The molecular weight excluding hydrogens is 184 g/mol. The first-order valence-electron chi connectivity index (χ1n) is 5.98. The molecule has 1 aromatic heterocycles. The largest absolute Gasteiger partial charge is 0.306 e. The van der Waals surface area contributed by atoms with E-state index in [9.17, 15) is 0 Å². The summed E-state index contributed by atoms with van der Waals surface area (Å²) >= 11 is 0. The van der Waals surface area contributed by atoms with Gasteiger partial charge < -0.3 is 5.32 Å². The highest BCUT2D eigenvalue weighted by molar-refractivity contribution is 5.08.